The maximum absolute atomic E-state index is 12.1. The second kappa shape index (κ2) is 7.30. The van der Waals surface area contributed by atoms with Gasteiger partial charge >= 0.3 is 5.97 Å². The average molecular weight is 339 g/mol. The first-order chi connectivity index (χ1) is 11.0. The Labute approximate surface area is 134 Å². The molecule has 0 spiro atoms. The highest BCUT2D eigenvalue weighted by molar-refractivity contribution is 7.89. The van der Waals surface area contributed by atoms with Crippen LogP contribution in [0.3, 0.4) is 0 Å². The van der Waals surface area contributed by atoms with E-state index in [1.54, 1.807) is 13.2 Å². The molecule has 8 heteroatoms. The van der Waals surface area contributed by atoms with Gasteiger partial charge in [0.1, 0.15) is 5.75 Å². The lowest BCUT2D eigenvalue weighted by atomic mass is 10.1. The lowest BCUT2D eigenvalue weighted by Gasteiger charge is -2.08. The van der Waals surface area contributed by atoms with E-state index < -0.39 is 16.0 Å². The predicted octanol–water partition coefficient (Wildman–Crippen LogP) is 1.60. The van der Waals surface area contributed by atoms with Gasteiger partial charge in [0.25, 0.3) is 10.0 Å². The molecule has 1 aromatic heterocycles. The molecule has 2 aromatic rings. The van der Waals surface area contributed by atoms with E-state index in [1.165, 1.54) is 19.2 Å². The summed E-state index contributed by atoms with van der Waals surface area (Å²) in [5, 5.41) is -0.335. The molecule has 0 amide bonds. The number of sulfonamides is 1. The Morgan fingerprint density at radius 2 is 1.91 bits per heavy atom. The van der Waals surface area contributed by atoms with Crippen LogP contribution in [0.5, 0.6) is 5.75 Å². The van der Waals surface area contributed by atoms with E-state index in [0.29, 0.717) is 12.2 Å². The molecule has 0 bridgehead atoms. The van der Waals surface area contributed by atoms with Crippen LogP contribution >= 0.6 is 0 Å². The van der Waals surface area contributed by atoms with Gasteiger partial charge in [0.15, 0.2) is 0 Å². The first-order valence-electron chi connectivity index (χ1n) is 6.77. The molecule has 0 aliphatic carbocycles. The minimum absolute atomic E-state index is 0.164. The predicted molar refractivity (Wildman–Crippen MR) is 81.9 cm³/mol. The Bertz CT molecular complexity index is 781. The van der Waals surface area contributed by atoms with Gasteiger partial charge in [-0.3, -0.25) is 0 Å². The fourth-order valence-corrected chi connectivity index (χ4v) is 2.94. The molecule has 7 nitrogen and oxygen atoms in total. The molecule has 0 aliphatic rings. The van der Waals surface area contributed by atoms with E-state index in [1.807, 2.05) is 18.2 Å². The average Bonchev–Trinajstić information content (AvgIpc) is 3.05. The Balaban J connectivity index is 2.01. The number of carbonyl (C=O) groups excluding carboxylic acids is 1. The summed E-state index contributed by atoms with van der Waals surface area (Å²) in [4.78, 5) is 11.3. The van der Waals surface area contributed by atoms with Crippen LogP contribution in [0, 0.1) is 0 Å². The summed E-state index contributed by atoms with van der Waals surface area (Å²) < 4.78 is 41.3. The molecule has 0 fully saturated rings. The van der Waals surface area contributed by atoms with Gasteiger partial charge in [-0.1, -0.05) is 18.2 Å². The van der Waals surface area contributed by atoms with Crippen molar-refractivity contribution in [2.24, 2.45) is 0 Å². The number of carbonyl (C=O) groups is 1. The summed E-state index contributed by atoms with van der Waals surface area (Å²) in [5.74, 6) is -0.212. The third-order valence-electron chi connectivity index (χ3n) is 3.11. The van der Waals surface area contributed by atoms with Crippen LogP contribution in [0.2, 0.25) is 0 Å². The normalized spacial score (nSPS) is 11.2. The molecular formula is C15H17NO6S. The Kier molecular flexibility index (Phi) is 5.41. The van der Waals surface area contributed by atoms with Gasteiger partial charge in [-0.05, 0) is 30.2 Å². The van der Waals surface area contributed by atoms with Crippen LogP contribution in [-0.4, -0.2) is 35.2 Å². The number of hydrogen-bond donors (Lipinski definition) is 1. The summed E-state index contributed by atoms with van der Waals surface area (Å²) in [5.41, 5.74) is 0.882. The molecule has 1 heterocycles. The lowest BCUT2D eigenvalue weighted by molar-refractivity contribution is 0.0559. The molecule has 0 atom stereocenters. The third kappa shape index (κ3) is 4.11. The number of nitrogens with one attached hydrogen (secondary N) is 1. The topological polar surface area (TPSA) is 94.8 Å². The minimum atomic E-state index is -3.84. The van der Waals surface area contributed by atoms with E-state index in [9.17, 15) is 13.2 Å². The zero-order chi connectivity index (χ0) is 16.9. The summed E-state index contributed by atoms with van der Waals surface area (Å²) in [6.45, 7) is 0.164. The van der Waals surface area contributed by atoms with E-state index in [4.69, 9.17) is 9.15 Å². The fourth-order valence-electron chi connectivity index (χ4n) is 1.98. The van der Waals surface area contributed by atoms with Gasteiger partial charge in [0, 0.05) is 6.54 Å². The number of methoxy groups -OCH3 is 2. The van der Waals surface area contributed by atoms with Crippen molar-refractivity contribution in [2.45, 2.75) is 11.5 Å². The van der Waals surface area contributed by atoms with Crippen molar-refractivity contribution in [1.29, 1.82) is 0 Å². The molecule has 0 aliphatic heterocycles. The molecule has 1 aromatic carbocycles. The molecule has 0 radical (unpaired) electrons. The number of hydrogen-bond acceptors (Lipinski definition) is 6. The zero-order valence-corrected chi connectivity index (χ0v) is 13.6. The Hall–Kier alpha value is -2.32. The smallest absolute Gasteiger partial charge is 0.374 e. The molecule has 23 heavy (non-hydrogen) atoms. The molecule has 1 N–H and O–H groups in total. The van der Waals surface area contributed by atoms with E-state index in [0.717, 1.165) is 5.56 Å². The van der Waals surface area contributed by atoms with E-state index in [2.05, 4.69) is 9.46 Å². The van der Waals surface area contributed by atoms with Gasteiger partial charge in [0.2, 0.25) is 10.9 Å². The van der Waals surface area contributed by atoms with Gasteiger partial charge in [0.05, 0.1) is 14.2 Å². The first kappa shape index (κ1) is 17.0. The number of benzene rings is 1. The van der Waals surface area contributed by atoms with Crippen LogP contribution in [0.25, 0.3) is 0 Å². The molecule has 0 saturated carbocycles. The Morgan fingerprint density at radius 1 is 1.17 bits per heavy atom. The fraction of sp³-hybridized carbons (Fsp3) is 0.267. The summed E-state index contributed by atoms with van der Waals surface area (Å²) >= 11 is 0. The highest BCUT2D eigenvalue weighted by atomic mass is 32.2. The summed E-state index contributed by atoms with van der Waals surface area (Å²) in [7, 11) is -1.10. The molecule has 0 unspecified atom stereocenters. The van der Waals surface area contributed by atoms with Crippen molar-refractivity contribution >= 4 is 16.0 Å². The van der Waals surface area contributed by atoms with Crippen LogP contribution in [0.1, 0.15) is 16.1 Å². The Morgan fingerprint density at radius 3 is 2.61 bits per heavy atom. The number of para-hydroxylation sites is 1. The SMILES string of the molecule is COC(=O)c1ccc(S(=O)(=O)NCCc2ccccc2OC)o1. The van der Waals surface area contributed by atoms with Crippen molar-refractivity contribution < 1.29 is 27.1 Å². The van der Waals surface area contributed by atoms with E-state index in [-0.39, 0.29) is 17.4 Å². The first-order valence-corrected chi connectivity index (χ1v) is 8.26. The second-order valence-corrected chi connectivity index (χ2v) is 6.27. The molecular weight excluding hydrogens is 322 g/mol. The van der Waals surface area contributed by atoms with Crippen molar-refractivity contribution in [2.75, 3.05) is 20.8 Å². The summed E-state index contributed by atoms with van der Waals surface area (Å²) in [6.07, 6.45) is 0.452. The van der Waals surface area contributed by atoms with Crippen molar-refractivity contribution in [3.8, 4) is 5.75 Å². The van der Waals surface area contributed by atoms with Gasteiger partial charge in [-0.25, -0.2) is 17.9 Å². The number of furan rings is 1. The monoisotopic (exact) mass is 339 g/mol. The summed E-state index contributed by atoms with van der Waals surface area (Å²) in [6, 6.07) is 9.80. The standard InChI is InChI=1S/C15H17NO6S/c1-20-12-6-4-3-5-11(12)9-10-16-23(18,19)14-8-7-13(22-14)15(17)21-2/h3-8,16H,9-10H2,1-2H3. The van der Waals surface area contributed by atoms with Crippen LogP contribution in [0.4, 0.5) is 0 Å². The van der Waals surface area contributed by atoms with E-state index >= 15 is 0 Å². The highest BCUT2D eigenvalue weighted by Crippen LogP contribution is 2.18. The highest BCUT2D eigenvalue weighted by Gasteiger charge is 2.21. The molecule has 0 saturated heterocycles. The molecule has 124 valence electrons. The number of rotatable bonds is 7. The number of ether oxygens (including phenoxy) is 2. The largest absolute Gasteiger partial charge is 0.496 e. The van der Waals surface area contributed by atoms with Crippen LogP contribution < -0.4 is 9.46 Å². The maximum Gasteiger partial charge on any atom is 0.374 e. The maximum atomic E-state index is 12.1. The van der Waals surface area contributed by atoms with Crippen molar-refractivity contribution in [3.63, 3.8) is 0 Å². The van der Waals surface area contributed by atoms with Gasteiger partial charge in [-0.2, -0.15) is 0 Å². The van der Waals surface area contributed by atoms with Gasteiger partial charge < -0.3 is 13.9 Å². The van der Waals surface area contributed by atoms with Crippen LogP contribution in [0.15, 0.2) is 45.9 Å². The van der Waals surface area contributed by atoms with Crippen LogP contribution in [-0.2, 0) is 21.2 Å². The minimum Gasteiger partial charge on any atom is -0.496 e. The third-order valence-corrected chi connectivity index (χ3v) is 4.45. The zero-order valence-electron chi connectivity index (χ0n) is 12.7. The lowest BCUT2D eigenvalue weighted by Crippen LogP contribution is -2.25. The van der Waals surface area contributed by atoms with Crippen molar-refractivity contribution in [3.05, 3.63) is 47.7 Å². The van der Waals surface area contributed by atoms with Crippen molar-refractivity contribution in [1.82, 2.24) is 4.72 Å². The number of esters is 1. The quantitative estimate of drug-likeness (QED) is 0.770. The second-order valence-electron chi connectivity index (χ2n) is 4.57. The molecule has 2 rings (SSSR count). The van der Waals surface area contributed by atoms with Gasteiger partial charge in [-0.15, -0.1) is 0 Å².